The Balaban J connectivity index is 3.95. The Morgan fingerprint density at radius 3 is 2.40 bits per heavy atom. The third-order valence-electron chi connectivity index (χ3n) is 2.05. The van der Waals surface area contributed by atoms with Crippen molar-refractivity contribution in [2.75, 3.05) is 6.54 Å². The van der Waals surface area contributed by atoms with Gasteiger partial charge in [-0.25, -0.2) is 4.79 Å². The van der Waals surface area contributed by atoms with Gasteiger partial charge in [0, 0.05) is 18.7 Å². The average Bonchev–Trinajstić information content (AvgIpc) is 2.11. The van der Waals surface area contributed by atoms with Gasteiger partial charge in [0.2, 0.25) is 5.91 Å². The number of carboxylic acid groups (broad SMARTS) is 1. The lowest BCUT2D eigenvalue weighted by molar-refractivity contribution is -0.131. The van der Waals surface area contributed by atoms with Crippen LogP contribution in [0.25, 0.3) is 0 Å². The highest BCUT2D eigenvalue weighted by molar-refractivity contribution is 5.93. The molecule has 4 nitrogen and oxygen atoms in total. The van der Waals surface area contributed by atoms with Gasteiger partial charge in [-0.1, -0.05) is 27.2 Å². The van der Waals surface area contributed by atoms with Gasteiger partial charge in [0.15, 0.2) is 0 Å². The molecule has 0 rings (SSSR count). The molecule has 2 N–H and O–H groups in total. The van der Waals surface area contributed by atoms with Crippen molar-refractivity contribution >= 4 is 11.9 Å². The van der Waals surface area contributed by atoms with Crippen LogP contribution in [0.4, 0.5) is 0 Å². The summed E-state index contributed by atoms with van der Waals surface area (Å²) in [5.74, 6) is -1.47. The quantitative estimate of drug-likeness (QED) is 0.658. The molecule has 0 aliphatic rings. The highest BCUT2D eigenvalue weighted by Crippen LogP contribution is 2.20. The number of carbonyl (C=O) groups is 2. The van der Waals surface area contributed by atoms with Crippen molar-refractivity contribution in [3.05, 3.63) is 12.2 Å². The Kier molecular flexibility index (Phi) is 5.67. The van der Waals surface area contributed by atoms with E-state index in [-0.39, 0.29) is 11.3 Å². The van der Waals surface area contributed by atoms with Crippen LogP contribution in [0.5, 0.6) is 0 Å². The van der Waals surface area contributed by atoms with E-state index in [1.54, 1.807) is 0 Å². The molecular formula is C11H19NO3. The smallest absolute Gasteiger partial charge is 0.328 e. The van der Waals surface area contributed by atoms with Crippen LogP contribution >= 0.6 is 0 Å². The average molecular weight is 213 g/mol. The van der Waals surface area contributed by atoms with Crippen LogP contribution in [0.1, 0.15) is 33.6 Å². The number of rotatable bonds is 6. The summed E-state index contributed by atoms with van der Waals surface area (Å²) in [4.78, 5) is 21.3. The first-order chi connectivity index (χ1) is 6.87. The van der Waals surface area contributed by atoms with Gasteiger partial charge in [-0.2, -0.15) is 0 Å². The minimum atomic E-state index is -1.11. The van der Waals surface area contributed by atoms with E-state index in [1.165, 1.54) is 0 Å². The third-order valence-corrected chi connectivity index (χ3v) is 2.05. The first kappa shape index (κ1) is 13.7. The largest absolute Gasteiger partial charge is 0.478 e. The van der Waals surface area contributed by atoms with E-state index < -0.39 is 5.97 Å². The standard InChI is InChI=1S/C11H19NO3/c1-4-7-11(2,3)8-12-9(13)5-6-10(14)15/h5-6H,4,7-8H2,1-3H3,(H,12,13)(H,14,15)/b6-5+. The van der Waals surface area contributed by atoms with Crippen molar-refractivity contribution in [1.29, 1.82) is 0 Å². The number of hydrogen-bond acceptors (Lipinski definition) is 2. The maximum absolute atomic E-state index is 11.1. The number of hydrogen-bond donors (Lipinski definition) is 2. The van der Waals surface area contributed by atoms with Gasteiger partial charge in [0.1, 0.15) is 0 Å². The second kappa shape index (κ2) is 6.22. The Morgan fingerprint density at radius 1 is 1.33 bits per heavy atom. The molecule has 0 aliphatic carbocycles. The monoisotopic (exact) mass is 213 g/mol. The van der Waals surface area contributed by atoms with E-state index >= 15 is 0 Å². The fraction of sp³-hybridized carbons (Fsp3) is 0.636. The normalized spacial score (nSPS) is 11.7. The van der Waals surface area contributed by atoms with Gasteiger partial charge in [-0.05, 0) is 11.8 Å². The molecule has 86 valence electrons. The highest BCUT2D eigenvalue weighted by atomic mass is 16.4. The Morgan fingerprint density at radius 2 is 1.93 bits per heavy atom. The molecule has 0 radical (unpaired) electrons. The first-order valence-corrected chi connectivity index (χ1v) is 5.06. The molecule has 1 amide bonds. The number of carbonyl (C=O) groups excluding carboxylic acids is 1. The Bertz CT molecular complexity index is 257. The fourth-order valence-corrected chi connectivity index (χ4v) is 1.30. The minimum absolute atomic E-state index is 0.0570. The topological polar surface area (TPSA) is 66.4 Å². The van der Waals surface area contributed by atoms with Gasteiger partial charge < -0.3 is 10.4 Å². The number of amides is 1. The van der Waals surface area contributed by atoms with Crippen LogP contribution in [0.15, 0.2) is 12.2 Å². The number of nitrogens with one attached hydrogen (secondary N) is 1. The minimum Gasteiger partial charge on any atom is -0.478 e. The van der Waals surface area contributed by atoms with E-state index in [2.05, 4.69) is 26.1 Å². The molecule has 0 spiro atoms. The molecule has 0 aromatic rings. The van der Waals surface area contributed by atoms with Crippen LogP contribution in [0.3, 0.4) is 0 Å². The second-order valence-corrected chi connectivity index (χ2v) is 4.30. The summed E-state index contributed by atoms with van der Waals surface area (Å²) in [6.45, 7) is 6.78. The van der Waals surface area contributed by atoms with E-state index in [9.17, 15) is 9.59 Å². The zero-order chi connectivity index (χ0) is 11.9. The number of carboxylic acids is 1. The molecule has 15 heavy (non-hydrogen) atoms. The SMILES string of the molecule is CCCC(C)(C)CNC(=O)/C=C/C(=O)O. The van der Waals surface area contributed by atoms with Gasteiger partial charge in [0.05, 0.1) is 0 Å². The Labute approximate surface area is 90.4 Å². The van der Waals surface area contributed by atoms with Crippen LogP contribution in [-0.2, 0) is 9.59 Å². The molecule has 0 fully saturated rings. The molecule has 0 saturated heterocycles. The molecule has 0 bridgehead atoms. The van der Waals surface area contributed by atoms with Gasteiger partial charge in [-0.3, -0.25) is 4.79 Å². The molecule has 0 unspecified atom stereocenters. The lowest BCUT2D eigenvalue weighted by Crippen LogP contribution is -2.32. The molecule has 0 saturated carbocycles. The van der Waals surface area contributed by atoms with Crippen molar-refractivity contribution in [2.24, 2.45) is 5.41 Å². The summed E-state index contributed by atoms with van der Waals surface area (Å²) in [7, 11) is 0. The third kappa shape index (κ3) is 7.73. The molecule has 0 aromatic heterocycles. The summed E-state index contributed by atoms with van der Waals surface area (Å²) in [6, 6.07) is 0. The van der Waals surface area contributed by atoms with E-state index in [1.807, 2.05) is 0 Å². The molecule has 0 aliphatic heterocycles. The lowest BCUT2D eigenvalue weighted by Gasteiger charge is -2.23. The molecular weight excluding hydrogens is 194 g/mol. The Hall–Kier alpha value is -1.32. The van der Waals surface area contributed by atoms with E-state index in [0.29, 0.717) is 6.54 Å². The van der Waals surface area contributed by atoms with Crippen LogP contribution in [0, 0.1) is 5.41 Å². The van der Waals surface area contributed by atoms with Crippen molar-refractivity contribution in [3.8, 4) is 0 Å². The summed E-state index contributed by atoms with van der Waals surface area (Å²) in [5, 5.41) is 11.0. The summed E-state index contributed by atoms with van der Waals surface area (Å²) < 4.78 is 0. The predicted molar refractivity (Wildman–Crippen MR) is 58.5 cm³/mol. The summed E-state index contributed by atoms with van der Waals surface area (Å²) >= 11 is 0. The second-order valence-electron chi connectivity index (χ2n) is 4.30. The van der Waals surface area contributed by atoms with E-state index in [0.717, 1.165) is 25.0 Å². The molecule has 0 heterocycles. The fourth-order valence-electron chi connectivity index (χ4n) is 1.30. The van der Waals surface area contributed by atoms with Crippen LogP contribution in [-0.4, -0.2) is 23.5 Å². The summed E-state index contributed by atoms with van der Waals surface area (Å²) in [5.41, 5.74) is 0.0570. The molecule has 0 atom stereocenters. The predicted octanol–water partition coefficient (Wildman–Crippen LogP) is 1.57. The summed E-state index contributed by atoms with van der Waals surface area (Å²) in [6.07, 6.45) is 3.95. The van der Waals surface area contributed by atoms with E-state index in [4.69, 9.17) is 5.11 Å². The maximum atomic E-state index is 11.1. The van der Waals surface area contributed by atoms with Crippen molar-refractivity contribution < 1.29 is 14.7 Å². The van der Waals surface area contributed by atoms with Crippen LogP contribution in [0.2, 0.25) is 0 Å². The first-order valence-electron chi connectivity index (χ1n) is 5.06. The van der Waals surface area contributed by atoms with Crippen LogP contribution < -0.4 is 5.32 Å². The molecule has 0 aromatic carbocycles. The molecule has 4 heteroatoms. The van der Waals surface area contributed by atoms with Gasteiger partial charge in [-0.15, -0.1) is 0 Å². The zero-order valence-corrected chi connectivity index (χ0v) is 9.54. The van der Waals surface area contributed by atoms with Crippen molar-refractivity contribution in [1.82, 2.24) is 5.32 Å². The maximum Gasteiger partial charge on any atom is 0.328 e. The van der Waals surface area contributed by atoms with Gasteiger partial charge >= 0.3 is 5.97 Å². The lowest BCUT2D eigenvalue weighted by atomic mass is 9.88. The van der Waals surface area contributed by atoms with Crippen molar-refractivity contribution in [3.63, 3.8) is 0 Å². The van der Waals surface area contributed by atoms with Crippen molar-refractivity contribution in [2.45, 2.75) is 33.6 Å². The number of aliphatic carboxylic acids is 1. The zero-order valence-electron chi connectivity index (χ0n) is 9.54. The van der Waals surface area contributed by atoms with Gasteiger partial charge in [0.25, 0.3) is 0 Å². The highest BCUT2D eigenvalue weighted by Gasteiger charge is 2.16.